The third-order valence-corrected chi connectivity index (χ3v) is 28.6. The summed E-state index contributed by atoms with van der Waals surface area (Å²) in [6.07, 6.45) is 52.1. The van der Waals surface area contributed by atoms with Crippen LogP contribution < -0.4 is 0 Å². The molecule has 3 nitrogen and oxygen atoms in total. The van der Waals surface area contributed by atoms with Crippen LogP contribution in [0.15, 0.2) is 62.9 Å². The van der Waals surface area contributed by atoms with E-state index in [1.54, 1.807) is 32.2 Å². The van der Waals surface area contributed by atoms with Crippen LogP contribution in [-0.4, -0.2) is 49.7 Å². The van der Waals surface area contributed by atoms with Crippen molar-refractivity contribution in [1.82, 2.24) is 14.7 Å². The highest BCUT2D eigenvalue weighted by molar-refractivity contribution is 8.24. The summed E-state index contributed by atoms with van der Waals surface area (Å²) in [6, 6.07) is 2.90. The minimum Gasteiger partial charge on any atom is -0.369 e. The van der Waals surface area contributed by atoms with Crippen molar-refractivity contribution in [3.8, 4) is 0 Å². The third kappa shape index (κ3) is 8.14. The predicted molar refractivity (Wildman–Crippen MR) is 319 cm³/mol. The lowest BCUT2D eigenvalue weighted by Gasteiger charge is -2.64. The van der Waals surface area contributed by atoms with Crippen LogP contribution in [0.3, 0.4) is 0 Å². The molecule has 0 radical (unpaired) electrons. The Hall–Kier alpha value is -2.11. The smallest absolute Gasteiger partial charge is 0.0639 e. The summed E-state index contributed by atoms with van der Waals surface area (Å²) in [5.41, 5.74) is 12.2. The van der Waals surface area contributed by atoms with Gasteiger partial charge in [0.1, 0.15) is 0 Å². The maximum absolute atomic E-state index is 3.38. The van der Waals surface area contributed by atoms with Crippen molar-refractivity contribution >= 4 is 28.3 Å². The van der Waals surface area contributed by atoms with E-state index in [4.69, 9.17) is 0 Å². The van der Waals surface area contributed by atoms with E-state index in [1.807, 2.05) is 21.2 Å². The average molecular weight is 1040 g/mol. The molecule has 13 rings (SSSR count). The molecule has 0 N–H and O–H groups in total. The summed E-state index contributed by atoms with van der Waals surface area (Å²) in [5, 5.41) is 0.686. The van der Waals surface area contributed by atoms with Gasteiger partial charge in [0.25, 0.3) is 0 Å². The summed E-state index contributed by atoms with van der Waals surface area (Å²) in [6.45, 7) is 28.6. The van der Waals surface area contributed by atoms with E-state index < -0.39 is 10.9 Å². The second-order valence-corrected chi connectivity index (χ2v) is 34.4. The Morgan fingerprint density at radius 2 is 1.45 bits per heavy atom. The number of fused-ring (bicyclic) bond motifs is 8. The van der Waals surface area contributed by atoms with E-state index in [0.29, 0.717) is 58.1 Å². The molecule has 74 heavy (non-hydrogen) atoms. The number of aryl methyl sites for hydroxylation is 1. The molecule has 5 heteroatoms. The zero-order chi connectivity index (χ0) is 51.3. The summed E-state index contributed by atoms with van der Waals surface area (Å²) < 4.78 is 0. The lowest BCUT2D eigenvalue weighted by atomic mass is 9.53. The second kappa shape index (κ2) is 18.8. The number of thiophene rings is 1. The first-order chi connectivity index (χ1) is 35.3. The van der Waals surface area contributed by atoms with E-state index >= 15 is 0 Å². The first-order valence-electron chi connectivity index (χ1n) is 31.9. The molecule has 3 saturated carbocycles. The molecule has 0 aromatic carbocycles. The molecular formula is C69H103N3S2. The normalized spacial score (nSPS) is 37.2. The largest absolute Gasteiger partial charge is 0.369 e. The molecule has 3 aliphatic heterocycles. The van der Waals surface area contributed by atoms with Crippen LogP contribution in [0.4, 0.5) is 0 Å². The van der Waals surface area contributed by atoms with Crippen LogP contribution in [0.25, 0.3) is 6.08 Å². The molecule has 1 saturated heterocycles. The van der Waals surface area contributed by atoms with Gasteiger partial charge in [-0.05, 0) is 187 Å². The highest BCUT2D eigenvalue weighted by Gasteiger charge is 2.69. The maximum atomic E-state index is 3.38. The van der Waals surface area contributed by atoms with Gasteiger partial charge < -0.3 is 14.7 Å². The third-order valence-electron chi connectivity index (χ3n) is 24.0. The fourth-order valence-electron chi connectivity index (χ4n) is 20.0. The molecule has 4 fully saturated rings. The van der Waals surface area contributed by atoms with Crippen LogP contribution in [0.5, 0.6) is 0 Å². The molecule has 9 atom stereocenters. The van der Waals surface area contributed by atoms with Gasteiger partial charge in [0.15, 0.2) is 0 Å². The van der Waals surface area contributed by atoms with E-state index in [2.05, 4.69) is 139 Å². The van der Waals surface area contributed by atoms with Crippen molar-refractivity contribution < 1.29 is 0 Å². The molecular weight excluding hydrogens is 935 g/mol. The fourth-order valence-corrected chi connectivity index (χ4v) is 25.1. The zero-order valence-electron chi connectivity index (χ0n) is 48.9. The van der Waals surface area contributed by atoms with E-state index in [1.165, 1.54) is 167 Å². The molecule has 9 aliphatic carbocycles. The molecule has 12 aliphatic rings. The fraction of sp³-hybridized carbons (Fsp3) is 0.768. The van der Waals surface area contributed by atoms with Gasteiger partial charge in [0, 0.05) is 83.3 Å². The molecule has 406 valence electrons. The van der Waals surface area contributed by atoms with Crippen molar-refractivity contribution in [2.45, 2.75) is 284 Å². The van der Waals surface area contributed by atoms with Crippen LogP contribution >= 0.6 is 22.2 Å². The van der Waals surface area contributed by atoms with E-state index in [0.717, 1.165) is 17.8 Å². The Labute approximate surface area is 459 Å². The zero-order valence-corrected chi connectivity index (χ0v) is 50.6. The van der Waals surface area contributed by atoms with Crippen LogP contribution in [-0.2, 0) is 12.8 Å². The highest BCUT2D eigenvalue weighted by atomic mass is 32.2. The monoisotopic (exact) mass is 1040 g/mol. The van der Waals surface area contributed by atoms with Crippen LogP contribution in [0.2, 0.25) is 0 Å². The lowest BCUT2D eigenvalue weighted by Crippen LogP contribution is -2.60. The Morgan fingerprint density at radius 1 is 0.703 bits per heavy atom. The van der Waals surface area contributed by atoms with Gasteiger partial charge in [-0.1, -0.05) is 143 Å². The van der Waals surface area contributed by atoms with E-state index in [-0.39, 0.29) is 16.4 Å². The van der Waals surface area contributed by atoms with Gasteiger partial charge in [0.05, 0.1) is 12.1 Å². The lowest BCUT2D eigenvalue weighted by molar-refractivity contribution is -0.0164. The molecule has 4 heterocycles. The van der Waals surface area contributed by atoms with Crippen LogP contribution in [0.1, 0.15) is 257 Å². The van der Waals surface area contributed by atoms with Crippen LogP contribution in [0, 0.1) is 51.2 Å². The minimum atomic E-state index is -0.487. The van der Waals surface area contributed by atoms with E-state index in [9.17, 15) is 0 Å². The van der Waals surface area contributed by atoms with Crippen molar-refractivity contribution in [2.24, 2.45) is 51.2 Å². The first-order valence-corrected chi connectivity index (χ1v) is 34.1. The second-order valence-electron chi connectivity index (χ2n) is 30.9. The number of nitrogens with zero attached hydrogens (tertiary/aromatic N) is 3. The quantitative estimate of drug-likeness (QED) is 0.233. The summed E-state index contributed by atoms with van der Waals surface area (Å²) in [4.78, 5) is 17.4. The number of hydrogen-bond donors (Lipinski definition) is 1. The van der Waals surface area contributed by atoms with Crippen molar-refractivity contribution in [2.75, 3.05) is 0 Å². The molecule has 0 amide bonds. The highest BCUT2D eigenvalue weighted by Crippen LogP contribution is 2.76. The van der Waals surface area contributed by atoms with Gasteiger partial charge in [-0.3, -0.25) is 0 Å². The standard InChI is InChI=1S/C69H103N3S2/c1-65(2,3)45-27-31-48(32-28-45)70(49-33-29-46(30-34-49)66(4,5)6)50-35-37-59-55(43-50)71(54-25-20-24-53-52-23-16-17-26-58(52)73-63(53)54)56-41-47(67(7,8)9)42-57-64(56)74(59)60-38-36-51(44-21-14-12-15-22-44)61-62(60)72(57)68(10,11)69(61)39-18-13-19-40-69/h16,23,27,35-36,38,44,46-49,51,54-55,57,59,61,74H,12-15,17-22,24-26,28-34,37,39-43H2,1-11H3. The number of rotatable bonds is 5. The molecule has 1 spiro atoms. The number of hydrogen-bond acceptors (Lipinski definition) is 4. The molecule has 9 unspecified atom stereocenters. The van der Waals surface area contributed by atoms with Crippen molar-refractivity contribution in [3.63, 3.8) is 0 Å². The maximum Gasteiger partial charge on any atom is 0.0639 e. The summed E-state index contributed by atoms with van der Waals surface area (Å²) in [5.74, 6) is 3.81. The average Bonchev–Trinajstić information content (AvgIpc) is 3.88. The minimum absolute atomic E-state index is 0.147. The summed E-state index contributed by atoms with van der Waals surface area (Å²) >= 11 is 2.29. The molecule has 1 aromatic heterocycles. The topological polar surface area (TPSA) is 9.72 Å². The molecule has 1 aromatic rings. The van der Waals surface area contributed by atoms with Gasteiger partial charge in [-0.15, -0.1) is 11.3 Å². The SMILES string of the molecule is CC(C)(C)C1=CCC(N(C2=CCC3C(C2)N(C2CCCc4c2sc2c4C=CCC2)C2=C4C(CC(C(C)(C)C)C2)N2C5=C(C=CC(C6CCCCC6)C5C5(CCCCC5)C2(C)C)[SH]43)C2CCC(C(C)(C)C)CC2)CC1. The number of allylic oxidation sites excluding steroid dienone is 7. The van der Waals surface area contributed by atoms with Crippen molar-refractivity contribution in [1.29, 1.82) is 0 Å². The molecule has 0 bridgehead atoms. The van der Waals surface area contributed by atoms with Gasteiger partial charge in [-0.2, -0.15) is 10.9 Å². The Bertz CT molecular complexity index is 2520. The van der Waals surface area contributed by atoms with Gasteiger partial charge in [-0.25, -0.2) is 0 Å². The van der Waals surface area contributed by atoms with Crippen molar-refractivity contribution in [3.05, 3.63) is 83.7 Å². The Balaban J connectivity index is 0.996. The Kier molecular flexibility index (Phi) is 13.0. The number of thiol groups is 1. The van der Waals surface area contributed by atoms with Gasteiger partial charge in [0.2, 0.25) is 0 Å². The summed E-state index contributed by atoms with van der Waals surface area (Å²) in [7, 11) is -0.487. The Morgan fingerprint density at radius 3 is 2.15 bits per heavy atom. The van der Waals surface area contributed by atoms with Gasteiger partial charge >= 0.3 is 0 Å². The predicted octanol–water partition coefficient (Wildman–Crippen LogP) is 18.9. The first kappa shape index (κ1) is 51.3.